The molecule has 3 aliphatic rings. The Balaban J connectivity index is 2.08. The van der Waals surface area contributed by atoms with E-state index in [9.17, 15) is 10.2 Å². The van der Waals surface area contributed by atoms with Crippen molar-refractivity contribution in [3.05, 3.63) is 11.6 Å². The Labute approximate surface area is 109 Å². The van der Waals surface area contributed by atoms with E-state index in [1.54, 1.807) is 0 Å². The van der Waals surface area contributed by atoms with Gasteiger partial charge in [0.15, 0.2) is 0 Å². The van der Waals surface area contributed by atoms with Crippen LogP contribution in [0.25, 0.3) is 0 Å². The van der Waals surface area contributed by atoms with Crippen molar-refractivity contribution < 1.29 is 14.9 Å². The third-order valence-electron chi connectivity index (χ3n) is 5.99. The molecule has 0 aromatic rings. The quantitative estimate of drug-likeness (QED) is 0.739. The Bertz CT molecular complexity index is 385. The Morgan fingerprint density at radius 3 is 2.72 bits per heavy atom. The number of fused-ring (bicyclic) bond motifs is 1. The van der Waals surface area contributed by atoms with Crippen molar-refractivity contribution in [3.63, 3.8) is 0 Å². The highest BCUT2D eigenvalue weighted by molar-refractivity contribution is 5.30. The molecule has 3 heteroatoms. The van der Waals surface area contributed by atoms with Gasteiger partial charge < -0.3 is 14.9 Å². The number of rotatable bonds is 2. The van der Waals surface area contributed by atoms with Gasteiger partial charge in [-0.1, -0.05) is 13.0 Å². The molecule has 2 bridgehead atoms. The summed E-state index contributed by atoms with van der Waals surface area (Å²) in [6.07, 6.45) is 7.74. The van der Waals surface area contributed by atoms with Crippen LogP contribution in [0.1, 0.15) is 46.0 Å². The molecule has 3 rings (SSSR count). The van der Waals surface area contributed by atoms with Crippen molar-refractivity contribution in [2.45, 2.75) is 57.2 Å². The molecular weight excluding hydrogens is 228 g/mol. The van der Waals surface area contributed by atoms with Crippen LogP contribution in [0.3, 0.4) is 0 Å². The van der Waals surface area contributed by atoms with E-state index in [4.69, 9.17) is 4.74 Å². The van der Waals surface area contributed by atoms with E-state index >= 15 is 0 Å². The van der Waals surface area contributed by atoms with Gasteiger partial charge in [-0.2, -0.15) is 0 Å². The molecule has 18 heavy (non-hydrogen) atoms. The predicted octanol–water partition coefficient (Wildman–Crippen LogP) is 2.03. The molecule has 2 N–H and O–H groups in total. The lowest BCUT2D eigenvalue weighted by atomic mass is 9.55. The average Bonchev–Trinajstić information content (AvgIpc) is 2.66. The summed E-state index contributed by atoms with van der Waals surface area (Å²) in [6, 6.07) is 0. The van der Waals surface area contributed by atoms with Gasteiger partial charge in [0.25, 0.3) is 0 Å². The van der Waals surface area contributed by atoms with Gasteiger partial charge in [0.1, 0.15) is 5.60 Å². The largest absolute Gasteiger partial charge is 0.393 e. The van der Waals surface area contributed by atoms with Crippen molar-refractivity contribution in [1.29, 1.82) is 0 Å². The summed E-state index contributed by atoms with van der Waals surface area (Å²) in [6.45, 7) is 4.34. The number of hydrogen-bond donors (Lipinski definition) is 2. The van der Waals surface area contributed by atoms with Crippen molar-refractivity contribution in [2.75, 3.05) is 13.2 Å². The fourth-order valence-electron chi connectivity index (χ4n) is 4.62. The zero-order valence-electron chi connectivity index (χ0n) is 11.4. The van der Waals surface area contributed by atoms with Gasteiger partial charge in [-0.25, -0.2) is 0 Å². The fourth-order valence-corrected chi connectivity index (χ4v) is 4.62. The maximum Gasteiger partial charge on any atom is 0.118 e. The second kappa shape index (κ2) is 3.81. The summed E-state index contributed by atoms with van der Waals surface area (Å²) < 4.78 is 6.41. The SMILES string of the molecule is CC1=CCCC2(C)CCC3CC12OC3(CO)CO. The van der Waals surface area contributed by atoms with Crippen LogP contribution in [0.4, 0.5) is 0 Å². The Kier molecular flexibility index (Phi) is 2.68. The molecule has 0 amide bonds. The standard InChI is InChI=1S/C15H24O3/c1-11-4-3-6-13(2)7-5-12-8-15(11,13)18-14(12,9-16)10-17/h4,12,16-17H,3,5-10H2,1-2H3. The van der Waals surface area contributed by atoms with Crippen molar-refractivity contribution >= 4 is 0 Å². The third-order valence-corrected chi connectivity index (χ3v) is 5.99. The van der Waals surface area contributed by atoms with Crippen LogP contribution >= 0.6 is 0 Å². The van der Waals surface area contributed by atoms with Crippen LogP contribution in [0.15, 0.2) is 11.6 Å². The summed E-state index contributed by atoms with van der Waals surface area (Å²) in [5.74, 6) is 0.294. The van der Waals surface area contributed by atoms with Crippen molar-refractivity contribution in [3.8, 4) is 0 Å². The topological polar surface area (TPSA) is 49.7 Å². The van der Waals surface area contributed by atoms with Gasteiger partial charge in [-0.05, 0) is 50.5 Å². The van der Waals surface area contributed by atoms with Gasteiger partial charge in [0.05, 0.1) is 18.8 Å². The number of aliphatic hydroxyl groups excluding tert-OH is 2. The highest BCUT2D eigenvalue weighted by Crippen LogP contribution is 2.64. The molecular formula is C15H24O3. The molecule has 2 aliphatic carbocycles. The lowest BCUT2D eigenvalue weighted by Gasteiger charge is -2.51. The van der Waals surface area contributed by atoms with E-state index in [0.29, 0.717) is 5.92 Å². The second-order valence-corrected chi connectivity index (χ2v) is 6.74. The molecule has 3 unspecified atom stereocenters. The van der Waals surface area contributed by atoms with Crippen molar-refractivity contribution in [1.82, 2.24) is 0 Å². The van der Waals surface area contributed by atoms with Crippen LogP contribution in [-0.4, -0.2) is 34.6 Å². The summed E-state index contributed by atoms with van der Waals surface area (Å²) in [5, 5.41) is 19.4. The molecule has 1 saturated heterocycles. The molecule has 1 spiro atoms. The maximum atomic E-state index is 9.72. The molecule has 102 valence electrons. The zero-order chi connectivity index (χ0) is 13.0. The highest BCUT2D eigenvalue weighted by Gasteiger charge is 2.66. The summed E-state index contributed by atoms with van der Waals surface area (Å²) in [4.78, 5) is 0. The average molecular weight is 252 g/mol. The van der Waals surface area contributed by atoms with Crippen LogP contribution in [0.5, 0.6) is 0 Å². The van der Waals surface area contributed by atoms with E-state index in [0.717, 1.165) is 32.1 Å². The molecule has 2 fully saturated rings. The fraction of sp³-hybridized carbons (Fsp3) is 0.867. The summed E-state index contributed by atoms with van der Waals surface area (Å²) in [5.41, 5.74) is 0.530. The van der Waals surface area contributed by atoms with Gasteiger partial charge in [0, 0.05) is 5.41 Å². The van der Waals surface area contributed by atoms with E-state index in [-0.39, 0.29) is 24.2 Å². The first-order valence-corrected chi connectivity index (χ1v) is 7.11. The Morgan fingerprint density at radius 1 is 1.33 bits per heavy atom. The number of aliphatic hydroxyl groups is 2. The minimum absolute atomic E-state index is 0.0702. The minimum atomic E-state index is -0.718. The minimum Gasteiger partial charge on any atom is -0.393 e. The van der Waals surface area contributed by atoms with Crippen LogP contribution in [-0.2, 0) is 4.74 Å². The normalized spacial score (nSPS) is 45.6. The van der Waals surface area contributed by atoms with Gasteiger partial charge in [-0.15, -0.1) is 0 Å². The summed E-state index contributed by atoms with van der Waals surface area (Å²) in [7, 11) is 0. The molecule has 1 saturated carbocycles. The molecule has 1 heterocycles. The van der Waals surface area contributed by atoms with E-state index in [1.165, 1.54) is 5.57 Å². The van der Waals surface area contributed by atoms with Crippen molar-refractivity contribution in [2.24, 2.45) is 11.3 Å². The van der Waals surface area contributed by atoms with Gasteiger partial charge in [-0.3, -0.25) is 0 Å². The van der Waals surface area contributed by atoms with Crippen LogP contribution in [0.2, 0.25) is 0 Å². The summed E-state index contributed by atoms with van der Waals surface area (Å²) >= 11 is 0. The van der Waals surface area contributed by atoms with Crippen LogP contribution < -0.4 is 0 Å². The third kappa shape index (κ3) is 1.30. The monoisotopic (exact) mass is 252 g/mol. The lowest BCUT2D eigenvalue weighted by molar-refractivity contribution is -0.172. The molecule has 0 radical (unpaired) electrons. The highest BCUT2D eigenvalue weighted by atomic mass is 16.6. The maximum absolute atomic E-state index is 9.72. The Morgan fingerprint density at radius 2 is 2.06 bits per heavy atom. The predicted molar refractivity (Wildman–Crippen MR) is 69.2 cm³/mol. The van der Waals surface area contributed by atoms with E-state index in [2.05, 4.69) is 19.9 Å². The molecule has 0 aromatic carbocycles. The lowest BCUT2D eigenvalue weighted by Crippen LogP contribution is -2.51. The molecule has 1 aliphatic heterocycles. The first-order valence-electron chi connectivity index (χ1n) is 7.11. The number of allylic oxidation sites excluding steroid dienone is 1. The molecule has 0 aromatic heterocycles. The number of ether oxygens (including phenoxy) is 1. The zero-order valence-corrected chi connectivity index (χ0v) is 11.4. The number of hydrogen-bond acceptors (Lipinski definition) is 3. The first-order chi connectivity index (χ1) is 8.52. The first kappa shape index (κ1) is 12.6. The smallest absolute Gasteiger partial charge is 0.118 e. The van der Waals surface area contributed by atoms with E-state index < -0.39 is 5.60 Å². The van der Waals surface area contributed by atoms with E-state index in [1.807, 2.05) is 0 Å². The van der Waals surface area contributed by atoms with Gasteiger partial charge >= 0.3 is 0 Å². The Hall–Kier alpha value is -0.380. The molecule has 3 nitrogen and oxygen atoms in total. The molecule has 3 atom stereocenters. The van der Waals surface area contributed by atoms with Crippen LogP contribution in [0, 0.1) is 11.3 Å². The second-order valence-electron chi connectivity index (χ2n) is 6.74. The van der Waals surface area contributed by atoms with Gasteiger partial charge in [0.2, 0.25) is 0 Å².